The third kappa shape index (κ3) is 5.28. The van der Waals surface area contributed by atoms with Crippen LogP contribution >= 0.6 is 0 Å². The summed E-state index contributed by atoms with van der Waals surface area (Å²) in [5.74, 6) is 1.56. The predicted molar refractivity (Wildman–Crippen MR) is 124 cm³/mol. The van der Waals surface area contributed by atoms with Gasteiger partial charge in [-0.05, 0) is 54.5 Å². The van der Waals surface area contributed by atoms with Crippen molar-refractivity contribution in [2.24, 2.45) is 11.3 Å². The molecule has 0 bridgehead atoms. The number of aromatic nitrogens is 2. The molecule has 0 radical (unpaired) electrons. The molecule has 0 atom stereocenters. The maximum Gasteiger partial charge on any atom is 0.261 e. The van der Waals surface area contributed by atoms with Crippen molar-refractivity contribution in [2.45, 2.75) is 51.5 Å². The largest absolute Gasteiger partial charge is 0.381 e. The highest BCUT2D eigenvalue weighted by atomic mass is 32.2. The molecule has 6 nitrogen and oxygen atoms in total. The maximum atomic E-state index is 12.9. The van der Waals surface area contributed by atoms with Crippen LogP contribution in [0.25, 0.3) is 11.0 Å². The molecule has 7 heteroatoms. The van der Waals surface area contributed by atoms with Crippen molar-refractivity contribution in [3.63, 3.8) is 0 Å². The van der Waals surface area contributed by atoms with E-state index in [0.29, 0.717) is 11.6 Å². The number of nitrogens with zero attached hydrogens (tertiary/aromatic N) is 2. The molecule has 3 aromatic rings. The lowest BCUT2D eigenvalue weighted by Crippen LogP contribution is -2.22. The van der Waals surface area contributed by atoms with E-state index >= 15 is 0 Å². The minimum atomic E-state index is -3.69. The fraction of sp³-hybridized carbons (Fsp3) is 0.458. The molecule has 0 aliphatic carbocycles. The Morgan fingerprint density at radius 2 is 1.81 bits per heavy atom. The molecule has 1 aliphatic rings. The molecule has 0 amide bonds. The minimum absolute atomic E-state index is 0.0819. The second kappa shape index (κ2) is 8.63. The molecular formula is C24H31N3O3S. The summed E-state index contributed by atoms with van der Waals surface area (Å²) < 4.78 is 36.3. The maximum absolute atomic E-state index is 12.9. The van der Waals surface area contributed by atoms with E-state index in [2.05, 4.69) is 30.1 Å². The van der Waals surface area contributed by atoms with Crippen LogP contribution in [0.5, 0.6) is 0 Å². The van der Waals surface area contributed by atoms with Gasteiger partial charge in [-0.25, -0.2) is 13.4 Å². The summed E-state index contributed by atoms with van der Waals surface area (Å²) in [5.41, 5.74) is 2.34. The fourth-order valence-electron chi connectivity index (χ4n) is 4.05. The van der Waals surface area contributed by atoms with E-state index in [0.717, 1.165) is 55.9 Å². The average Bonchev–Trinajstić information content (AvgIpc) is 3.04. The van der Waals surface area contributed by atoms with E-state index in [1.807, 2.05) is 12.1 Å². The van der Waals surface area contributed by atoms with Gasteiger partial charge in [0.2, 0.25) is 0 Å². The normalized spacial score (nSPS) is 16.0. The Labute approximate surface area is 184 Å². The highest BCUT2D eigenvalue weighted by molar-refractivity contribution is 7.92. The van der Waals surface area contributed by atoms with Crippen LogP contribution in [-0.2, 0) is 27.7 Å². The molecule has 1 aliphatic heterocycles. The van der Waals surface area contributed by atoms with Gasteiger partial charge in [-0.1, -0.05) is 39.0 Å². The quantitative estimate of drug-likeness (QED) is 0.593. The van der Waals surface area contributed by atoms with Gasteiger partial charge >= 0.3 is 0 Å². The number of hydrogen-bond donors (Lipinski definition) is 1. The molecule has 0 unspecified atom stereocenters. The van der Waals surface area contributed by atoms with Crippen molar-refractivity contribution in [3.05, 3.63) is 54.4 Å². The Kier molecular flexibility index (Phi) is 6.08. The SMILES string of the molecule is CC(C)(C)Cc1nc2cc(S(=O)(=O)Nc3ccccc3)ccc2n1CC1CCOCC1. The molecular weight excluding hydrogens is 410 g/mol. The lowest BCUT2D eigenvalue weighted by molar-refractivity contribution is 0.0612. The van der Waals surface area contributed by atoms with E-state index in [1.54, 1.807) is 36.4 Å². The summed E-state index contributed by atoms with van der Waals surface area (Å²) in [6, 6.07) is 14.2. The summed E-state index contributed by atoms with van der Waals surface area (Å²) in [7, 11) is -3.69. The number of hydrogen-bond acceptors (Lipinski definition) is 4. The van der Waals surface area contributed by atoms with Crippen molar-refractivity contribution >= 4 is 26.7 Å². The Balaban J connectivity index is 1.70. The van der Waals surface area contributed by atoms with E-state index in [9.17, 15) is 8.42 Å². The van der Waals surface area contributed by atoms with Crippen LogP contribution in [0.1, 0.15) is 39.4 Å². The highest BCUT2D eigenvalue weighted by Crippen LogP contribution is 2.28. The van der Waals surface area contributed by atoms with Crippen LogP contribution in [0.15, 0.2) is 53.4 Å². The first-order valence-electron chi connectivity index (χ1n) is 10.9. The zero-order valence-electron chi connectivity index (χ0n) is 18.5. The van der Waals surface area contributed by atoms with E-state index in [4.69, 9.17) is 9.72 Å². The van der Waals surface area contributed by atoms with Crippen molar-refractivity contribution in [1.82, 2.24) is 9.55 Å². The molecule has 1 N–H and O–H groups in total. The smallest absolute Gasteiger partial charge is 0.261 e. The number of nitrogens with one attached hydrogen (secondary N) is 1. The number of anilines is 1. The van der Waals surface area contributed by atoms with Gasteiger partial charge in [0.15, 0.2) is 0 Å². The Morgan fingerprint density at radius 1 is 1.10 bits per heavy atom. The lowest BCUT2D eigenvalue weighted by atomic mass is 9.91. The Morgan fingerprint density at radius 3 is 2.48 bits per heavy atom. The number of ether oxygens (including phenoxy) is 1. The number of rotatable bonds is 6. The van der Waals surface area contributed by atoms with Gasteiger partial charge in [0.25, 0.3) is 10.0 Å². The predicted octanol–water partition coefficient (Wildman–Crippen LogP) is 4.85. The van der Waals surface area contributed by atoms with Gasteiger partial charge in [-0.2, -0.15) is 0 Å². The number of fused-ring (bicyclic) bond motifs is 1. The molecule has 2 heterocycles. The molecule has 0 spiro atoms. The summed E-state index contributed by atoms with van der Waals surface area (Å²) in [5, 5.41) is 0. The summed E-state index contributed by atoms with van der Waals surface area (Å²) in [4.78, 5) is 5.11. The van der Waals surface area contributed by atoms with E-state index < -0.39 is 10.0 Å². The van der Waals surface area contributed by atoms with Gasteiger partial charge < -0.3 is 9.30 Å². The third-order valence-electron chi connectivity index (χ3n) is 5.61. The highest BCUT2D eigenvalue weighted by Gasteiger charge is 2.23. The molecule has 166 valence electrons. The standard InChI is InChI=1S/C24H31N3O3S/c1-24(2,3)16-23-25-21-15-20(31(28,29)26-19-7-5-4-6-8-19)9-10-22(21)27(23)17-18-11-13-30-14-12-18/h4-10,15,18,26H,11-14,16-17H2,1-3H3. The van der Waals surface area contributed by atoms with Crippen molar-refractivity contribution in [2.75, 3.05) is 17.9 Å². The summed E-state index contributed by atoms with van der Waals surface area (Å²) >= 11 is 0. The van der Waals surface area contributed by atoms with Gasteiger partial charge in [0.1, 0.15) is 5.82 Å². The first kappa shape index (κ1) is 21.8. The summed E-state index contributed by atoms with van der Waals surface area (Å²) in [6.07, 6.45) is 2.92. The summed E-state index contributed by atoms with van der Waals surface area (Å²) in [6.45, 7) is 9.10. The molecule has 0 saturated carbocycles. The molecule has 2 aromatic carbocycles. The topological polar surface area (TPSA) is 73.2 Å². The van der Waals surface area contributed by atoms with Gasteiger partial charge in [0, 0.05) is 31.9 Å². The first-order valence-corrected chi connectivity index (χ1v) is 12.3. The van der Waals surface area contributed by atoms with Crippen molar-refractivity contribution in [3.8, 4) is 0 Å². The van der Waals surface area contributed by atoms with Crippen LogP contribution in [-0.4, -0.2) is 31.2 Å². The number of para-hydroxylation sites is 1. The molecule has 1 saturated heterocycles. The van der Waals surface area contributed by atoms with Crippen molar-refractivity contribution in [1.29, 1.82) is 0 Å². The second-order valence-electron chi connectivity index (χ2n) is 9.55. The number of imidazole rings is 1. The molecule has 31 heavy (non-hydrogen) atoms. The molecule has 4 rings (SSSR count). The molecule has 1 aromatic heterocycles. The monoisotopic (exact) mass is 441 g/mol. The number of sulfonamides is 1. The van der Waals surface area contributed by atoms with E-state index in [-0.39, 0.29) is 10.3 Å². The van der Waals surface area contributed by atoms with Gasteiger partial charge in [-0.3, -0.25) is 4.72 Å². The van der Waals surface area contributed by atoms with Gasteiger partial charge in [0.05, 0.1) is 15.9 Å². The van der Waals surface area contributed by atoms with E-state index in [1.165, 1.54) is 0 Å². The zero-order chi connectivity index (χ0) is 22.1. The number of benzene rings is 2. The fourth-order valence-corrected chi connectivity index (χ4v) is 5.13. The van der Waals surface area contributed by atoms with Crippen LogP contribution in [0, 0.1) is 11.3 Å². The zero-order valence-corrected chi connectivity index (χ0v) is 19.3. The Bertz CT molecular complexity index is 1140. The first-order chi connectivity index (χ1) is 14.7. The minimum Gasteiger partial charge on any atom is -0.381 e. The molecule has 1 fully saturated rings. The van der Waals surface area contributed by atoms with Crippen LogP contribution < -0.4 is 4.72 Å². The van der Waals surface area contributed by atoms with Crippen molar-refractivity contribution < 1.29 is 13.2 Å². The van der Waals surface area contributed by atoms with Crippen LogP contribution in [0.3, 0.4) is 0 Å². The van der Waals surface area contributed by atoms with Gasteiger partial charge in [-0.15, -0.1) is 0 Å². The third-order valence-corrected chi connectivity index (χ3v) is 6.98. The average molecular weight is 442 g/mol. The Hall–Kier alpha value is -2.38. The lowest BCUT2D eigenvalue weighted by Gasteiger charge is -2.25. The van der Waals surface area contributed by atoms with Crippen LogP contribution in [0.2, 0.25) is 0 Å². The second-order valence-corrected chi connectivity index (χ2v) is 11.2. The van der Waals surface area contributed by atoms with Crippen LogP contribution in [0.4, 0.5) is 5.69 Å².